The van der Waals surface area contributed by atoms with Crippen LogP contribution in [0, 0.1) is 6.92 Å². The average Bonchev–Trinajstić information content (AvgIpc) is 2.89. The van der Waals surface area contributed by atoms with E-state index >= 15 is 0 Å². The van der Waals surface area contributed by atoms with Gasteiger partial charge in [0.2, 0.25) is 5.89 Å². The van der Waals surface area contributed by atoms with E-state index in [4.69, 9.17) is 9.26 Å². The number of rotatable bonds is 4. The molecule has 1 N–H and O–H groups in total. The molecule has 0 unspecified atom stereocenters. The van der Waals surface area contributed by atoms with Gasteiger partial charge >= 0.3 is 6.03 Å². The summed E-state index contributed by atoms with van der Waals surface area (Å²) in [4.78, 5) is 18.8. The SMILES string of the molecule is Cc1noc(C[C@H](NC(=O)N2CCCO[C@@H](C)C2)c2ccccc2)n1. The van der Waals surface area contributed by atoms with Gasteiger partial charge in [-0.2, -0.15) is 4.98 Å². The molecule has 7 nitrogen and oxygen atoms in total. The second-order valence-corrected chi connectivity index (χ2v) is 6.33. The molecule has 0 aliphatic carbocycles. The Hall–Kier alpha value is -2.41. The van der Waals surface area contributed by atoms with Gasteiger partial charge in [0.1, 0.15) is 0 Å². The van der Waals surface area contributed by atoms with Gasteiger partial charge < -0.3 is 19.5 Å². The van der Waals surface area contributed by atoms with Crippen molar-refractivity contribution >= 4 is 6.03 Å². The second kappa shape index (κ2) is 8.11. The van der Waals surface area contributed by atoms with E-state index in [9.17, 15) is 4.79 Å². The summed E-state index contributed by atoms with van der Waals surface area (Å²) in [7, 11) is 0. The number of aryl methyl sites for hydroxylation is 1. The Kier molecular flexibility index (Phi) is 5.65. The highest BCUT2D eigenvalue weighted by Crippen LogP contribution is 2.18. The lowest BCUT2D eigenvalue weighted by Gasteiger charge is -2.26. The van der Waals surface area contributed by atoms with Gasteiger partial charge in [0, 0.05) is 19.7 Å². The monoisotopic (exact) mass is 344 g/mol. The Morgan fingerprint density at radius 3 is 2.92 bits per heavy atom. The van der Waals surface area contributed by atoms with E-state index in [0.29, 0.717) is 37.8 Å². The summed E-state index contributed by atoms with van der Waals surface area (Å²) in [5.74, 6) is 1.10. The third-order valence-electron chi connectivity index (χ3n) is 4.19. The number of carbonyl (C=O) groups is 1. The fraction of sp³-hybridized carbons (Fsp3) is 0.500. The minimum absolute atomic E-state index is 0.0435. The van der Waals surface area contributed by atoms with E-state index in [0.717, 1.165) is 12.0 Å². The van der Waals surface area contributed by atoms with Gasteiger partial charge in [-0.15, -0.1) is 0 Å². The number of urea groups is 1. The van der Waals surface area contributed by atoms with Crippen LogP contribution >= 0.6 is 0 Å². The topological polar surface area (TPSA) is 80.5 Å². The van der Waals surface area contributed by atoms with Crippen molar-refractivity contribution in [1.29, 1.82) is 0 Å². The molecule has 1 aromatic heterocycles. The number of aromatic nitrogens is 2. The maximum Gasteiger partial charge on any atom is 0.317 e. The smallest absolute Gasteiger partial charge is 0.317 e. The van der Waals surface area contributed by atoms with Crippen LogP contribution in [0.2, 0.25) is 0 Å². The van der Waals surface area contributed by atoms with Crippen molar-refractivity contribution in [2.45, 2.75) is 38.8 Å². The summed E-state index contributed by atoms with van der Waals surface area (Å²) < 4.78 is 10.9. The van der Waals surface area contributed by atoms with Gasteiger partial charge in [-0.25, -0.2) is 4.79 Å². The molecule has 1 saturated heterocycles. The van der Waals surface area contributed by atoms with E-state index < -0.39 is 0 Å². The van der Waals surface area contributed by atoms with Gasteiger partial charge in [0.25, 0.3) is 0 Å². The minimum Gasteiger partial charge on any atom is -0.377 e. The molecule has 3 rings (SSSR count). The van der Waals surface area contributed by atoms with Crippen molar-refractivity contribution in [2.75, 3.05) is 19.7 Å². The Morgan fingerprint density at radius 2 is 2.20 bits per heavy atom. The van der Waals surface area contributed by atoms with E-state index in [1.807, 2.05) is 42.2 Å². The number of hydrogen-bond acceptors (Lipinski definition) is 5. The predicted octanol–water partition coefficient (Wildman–Crippen LogP) is 2.48. The molecule has 1 fully saturated rings. The van der Waals surface area contributed by atoms with Crippen molar-refractivity contribution in [2.24, 2.45) is 0 Å². The molecule has 134 valence electrons. The molecule has 0 spiro atoms. The van der Waals surface area contributed by atoms with E-state index in [-0.39, 0.29) is 18.2 Å². The van der Waals surface area contributed by atoms with Crippen LogP contribution in [0.4, 0.5) is 4.79 Å². The summed E-state index contributed by atoms with van der Waals surface area (Å²) >= 11 is 0. The quantitative estimate of drug-likeness (QED) is 0.921. The van der Waals surface area contributed by atoms with E-state index in [1.54, 1.807) is 6.92 Å². The summed E-state index contributed by atoms with van der Waals surface area (Å²) in [6.45, 7) is 5.74. The molecule has 2 aromatic rings. The van der Waals surface area contributed by atoms with Crippen LogP contribution in [0.5, 0.6) is 0 Å². The molecule has 1 aromatic carbocycles. The molecule has 0 saturated carbocycles. The van der Waals surface area contributed by atoms with Crippen molar-refractivity contribution in [1.82, 2.24) is 20.4 Å². The highest BCUT2D eigenvalue weighted by molar-refractivity contribution is 5.74. The van der Waals surface area contributed by atoms with Crippen molar-refractivity contribution in [3.63, 3.8) is 0 Å². The maximum absolute atomic E-state index is 12.8. The van der Waals surface area contributed by atoms with Gasteiger partial charge in [-0.1, -0.05) is 35.5 Å². The van der Waals surface area contributed by atoms with Gasteiger partial charge in [0.05, 0.1) is 18.6 Å². The number of nitrogens with one attached hydrogen (secondary N) is 1. The van der Waals surface area contributed by atoms with Crippen LogP contribution in [-0.2, 0) is 11.2 Å². The fourth-order valence-corrected chi connectivity index (χ4v) is 2.95. The number of ether oxygens (including phenoxy) is 1. The number of amides is 2. The van der Waals surface area contributed by atoms with E-state index in [1.165, 1.54) is 0 Å². The van der Waals surface area contributed by atoms with Crippen molar-refractivity contribution in [3.8, 4) is 0 Å². The molecular formula is C18H24N4O3. The van der Waals surface area contributed by atoms with Gasteiger partial charge in [-0.05, 0) is 25.8 Å². The fourth-order valence-electron chi connectivity index (χ4n) is 2.95. The van der Waals surface area contributed by atoms with Crippen LogP contribution in [0.3, 0.4) is 0 Å². The zero-order chi connectivity index (χ0) is 17.6. The number of nitrogens with zero attached hydrogens (tertiary/aromatic N) is 3. The Labute approximate surface area is 147 Å². The number of carbonyl (C=O) groups excluding carboxylic acids is 1. The van der Waals surface area contributed by atoms with Crippen molar-refractivity contribution < 1.29 is 14.1 Å². The number of hydrogen-bond donors (Lipinski definition) is 1. The first-order valence-corrected chi connectivity index (χ1v) is 8.63. The first-order valence-electron chi connectivity index (χ1n) is 8.63. The average molecular weight is 344 g/mol. The zero-order valence-electron chi connectivity index (χ0n) is 14.6. The summed E-state index contributed by atoms with van der Waals surface area (Å²) in [5, 5.41) is 6.94. The molecule has 2 heterocycles. The summed E-state index contributed by atoms with van der Waals surface area (Å²) in [6, 6.07) is 9.51. The molecule has 0 radical (unpaired) electrons. The van der Waals surface area contributed by atoms with Crippen LogP contribution in [0.25, 0.3) is 0 Å². The Morgan fingerprint density at radius 1 is 1.40 bits per heavy atom. The lowest BCUT2D eigenvalue weighted by molar-refractivity contribution is 0.0708. The molecular weight excluding hydrogens is 320 g/mol. The van der Waals surface area contributed by atoms with Gasteiger partial charge in [0.15, 0.2) is 5.82 Å². The minimum atomic E-state index is -0.229. The van der Waals surface area contributed by atoms with Crippen molar-refractivity contribution in [3.05, 3.63) is 47.6 Å². The lowest BCUT2D eigenvalue weighted by atomic mass is 10.0. The largest absolute Gasteiger partial charge is 0.377 e. The first kappa shape index (κ1) is 17.4. The molecule has 0 bridgehead atoms. The molecule has 2 amide bonds. The summed E-state index contributed by atoms with van der Waals surface area (Å²) in [5.41, 5.74) is 1.01. The maximum atomic E-state index is 12.8. The van der Waals surface area contributed by atoms with Crippen LogP contribution < -0.4 is 5.32 Å². The molecule has 1 aliphatic rings. The Balaban J connectivity index is 1.73. The highest BCUT2D eigenvalue weighted by atomic mass is 16.5. The normalized spacial score (nSPS) is 19.3. The molecule has 25 heavy (non-hydrogen) atoms. The standard InChI is InChI=1S/C18H24N4O3/c1-13-12-22(9-6-10-24-13)18(23)20-16(15-7-4-3-5-8-15)11-17-19-14(2)21-25-17/h3-5,7-8,13,16H,6,9-12H2,1-2H3,(H,20,23)/t13-,16-/m0/s1. The molecule has 7 heteroatoms. The van der Waals surface area contributed by atoms with Crippen LogP contribution in [0.1, 0.15) is 36.7 Å². The second-order valence-electron chi connectivity index (χ2n) is 6.33. The highest BCUT2D eigenvalue weighted by Gasteiger charge is 2.24. The first-order chi connectivity index (χ1) is 12.1. The third-order valence-corrected chi connectivity index (χ3v) is 4.19. The van der Waals surface area contributed by atoms with Gasteiger partial charge in [-0.3, -0.25) is 0 Å². The van der Waals surface area contributed by atoms with Crippen LogP contribution in [0.15, 0.2) is 34.9 Å². The predicted molar refractivity (Wildman–Crippen MR) is 92.1 cm³/mol. The zero-order valence-corrected chi connectivity index (χ0v) is 14.6. The lowest BCUT2D eigenvalue weighted by Crippen LogP contribution is -2.44. The third kappa shape index (κ3) is 4.79. The Bertz CT molecular complexity index is 689. The van der Waals surface area contributed by atoms with Crippen LogP contribution in [-0.4, -0.2) is 46.9 Å². The molecule has 2 atom stereocenters. The van der Waals surface area contributed by atoms with E-state index in [2.05, 4.69) is 15.5 Å². The molecule has 1 aliphatic heterocycles. The summed E-state index contributed by atoms with van der Waals surface area (Å²) in [6.07, 6.45) is 1.34. The number of benzene rings is 1.